The minimum Gasteiger partial charge on any atom is -0.378 e. The van der Waals surface area contributed by atoms with Crippen molar-refractivity contribution in [3.63, 3.8) is 0 Å². The van der Waals surface area contributed by atoms with E-state index in [1.54, 1.807) is 0 Å². The standard InChI is InChI=1S/C21H20ClF5N4O2S/c1-19(10-33-11-21(25,26)27)8-20(9-23,31-18(28)34-19)14-6-13(3-4-15(14)24)30-17(32)16-5-2-12(22)7-29-16/h2-7H,8-11H2,1H3,(H2,28,31)(H,30,32)/t19-,20-/m1/s1. The monoisotopic (exact) mass is 522 g/mol. The fourth-order valence-corrected chi connectivity index (χ4v) is 4.90. The lowest BCUT2D eigenvalue weighted by atomic mass is 9.82. The van der Waals surface area contributed by atoms with E-state index in [4.69, 9.17) is 22.1 Å². The van der Waals surface area contributed by atoms with E-state index in [9.17, 15) is 26.7 Å². The quantitative estimate of drug-likeness (QED) is 0.495. The molecule has 0 bridgehead atoms. The largest absolute Gasteiger partial charge is 0.411 e. The summed E-state index contributed by atoms with van der Waals surface area (Å²) in [6, 6.07) is 6.38. The Morgan fingerprint density at radius 3 is 2.68 bits per heavy atom. The molecule has 1 aromatic carbocycles. The number of nitrogens with zero attached hydrogens (tertiary/aromatic N) is 2. The molecule has 2 heterocycles. The molecule has 1 amide bonds. The first-order valence-electron chi connectivity index (χ1n) is 9.82. The third kappa shape index (κ3) is 6.36. The normalized spacial score (nSPS) is 22.9. The zero-order valence-electron chi connectivity index (χ0n) is 17.8. The Labute approximate surface area is 201 Å². The molecule has 0 aliphatic carbocycles. The van der Waals surface area contributed by atoms with Gasteiger partial charge in [0.05, 0.1) is 11.6 Å². The molecule has 1 aliphatic rings. The van der Waals surface area contributed by atoms with Gasteiger partial charge in [0.1, 0.15) is 30.3 Å². The fraction of sp³-hybridized carbons (Fsp3) is 0.381. The molecule has 6 nitrogen and oxygen atoms in total. The molecule has 0 saturated carbocycles. The predicted molar refractivity (Wildman–Crippen MR) is 120 cm³/mol. The Balaban J connectivity index is 1.89. The van der Waals surface area contributed by atoms with Crippen LogP contribution in [0.2, 0.25) is 5.02 Å². The van der Waals surface area contributed by atoms with E-state index >= 15 is 0 Å². The molecule has 0 spiro atoms. The number of alkyl halides is 4. The van der Waals surface area contributed by atoms with Gasteiger partial charge >= 0.3 is 6.18 Å². The molecule has 2 atom stereocenters. The van der Waals surface area contributed by atoms with E-state index in [0.29, 0.717) is 5.02 Å². The number of aliphatic imine (C=N–C) groups is 1. The number of nitrogens with one attached hydrogen (secondary N) is 1. The Morgan fingerprint density at radius 1 is 1.32 bits per heavy atom. The number of nitrogens with two attached hydrogens (primary N) is 1. The minimum atomic E-state index is -4.54. The first-order valence-corrected chi connectivity index (χ1v) is 11.0. The number of ether oxygens (including phenoxy) is 1. The third-order valence-corrected chi connectivity index (χ3v) is 6.20. The van der Waals surface area contributed by atoms with Gasteiger partial charge in [-0.3, -0.25) is 4.79 Å². The molecule has 184 valence electrons. The summed E-state index contributed by atoms with van der Waals surface area (Å²) < 4.78 is 70.5. The summed E-state index contributed by atoms with van der Waals surface area (Å²) in [7, 11) is 0. The van der Waals surface area contributed by atoms with Crippen molar-refractivity contribution in [2.45, 2.75) is 29.8 Å². The van der Waals surface area contributed by atoms with Crippen molar-refractivity contribution in [3.8, 4) is 0 Å². The molecule has 1 aromatic heterocycles. The second-order valence-corrected chi connectivity index (χ2v) is 10.0. The third-order valence-electron chi connectivity index (χ3n) is 4.92. The van der Waals surface area contributed by atoms with E-state index < -0.39 is 48.1 Å². The maximum absolute atomic E-state index is 14.9. The van der Waals surface area contributed by atoms with Gasteiger partial charge in [-0.2, -0.15) is 13.2 Å². The summed E-state index contributed by atoms with van der Waals surface area (Å²) in [5.41, 5.74) is 4.02. The average Bonchev–Trinajstić information content (AvgIpc) is 2.73. The number of carbonyl (C=O) groups excluding carboxylic acids is 1. The number of pyridine rings is 1. The number of aromatic nitrogens is 1. The van der Waals surface area contributed by atoms with Crippen molar-refractivity contribution in [3.05, 3.63) is 58.6 Å². The molecule has 3 N–H and O–H groups in total. The lowest BCUT2D eigenvalue weighted by Crippen LogP contribution is -2.46. The maximum atomic E-state index is 14.9. The van der Waals surface area contributed by atoms with Crippen molar-refractivity contribution in [1.29, 1.82) is 0 Å². The summed E-state index contributed by atoms with van der Waals surface area (Å²) >= 11 is 6.69. The van der Waals surface area contributed by atoms with E-state index in [1.807, 2.05) is 0 Å². The average molecular weight is 523 g/mol. The number of hydrogen-bond acceptors (Lipinski definition) is 6. The van der Waals surface area contributed by atoms with Crippen molar-refractivity contribution in [2.24, 2.45) is 10.7 Å². The summed E-state index contributed by atoms with van der Waals surface area (Å²) in [4.78, 5) is 20.5. The number of hydrogen-bond donors (Lipinski definition) is 2. The number of anilines is 1. The van der Waals surface area contributed by atoms with Gasteiger partial charge in [0.25, 0.3) is 5.91 Å². The van der Waals surface area contributed by atoms with E-state index in [0.717, 1.165) is 17.8 Å². The maximum Gasteiger partial charge on any atom is 0.411 e. The van der Waals surface area contributed by atoms with Gasteiger partial charge in [0, 0.05) is 22.2 Å². The Kier molecular flexibility index (Phi) is 7.73. The van der Waals surface area contributed by atoms with Gasteiger partial charge < -0.3 is 15.8 Å². The highest BCUT2D eigenvalue weighted by Crippen LogP contribution is 2.47. The van der Waals surface area contributed by atoms with Crippen molar-refractivity contribution in [2.75, 3.05) is 25.2 Å². The van der Waals surface area contributed by atoms with E-state index in [-0.39, 0.29) is 28.5 Å². The van der Waals surface area contributed by atoms with Crippen LogP contribution in [0.4, 0.5) is 27.6 Å². The van der Waals surface area contributed by atoms with Gasteiger partial charge in [0.15, 0.2) is 5.17 Å². The highest BCUT2D eigenvalue weighted by Gasteiger charge is 2.47. The van der Waals surface area contributed by atoms with Crippen molar-refractivity contribution in [1.82, 2.24) is 4.98 Å². The van der Waals surface area contributed by atoms with Crippen molar-refractivity contribution >= 4 is 40.1 Å². The molecule has 34 heavy (non-hydrogen) atoms. The smallest absolute Gasteiger partial charge is 0.378 e. The number of thioether (sulfide) groups is 1. The predicted octanol–water partition coefficient (Wildman–Crippen LogP) is 5.08. The highest BCUT2D eigenvalue weighted by molar-refractivity contribution is 8.15. The molecular weight excluding hydrogens is 503 g/mol. The topological polar surface area (TPSA) is 89.6 Å². The molecule has 13 heteroatoms. The summed E-state index contributed by atoms with van der Waals surface area (Å²) in [5, 5.41) is 2.75. The SMILES string of the molecule is C[C@]1(COCC(F)(F)F)C[C@@](CF)(c2cc(NC(=O)c3ccc(Cl)cn3)ccc2F)N=C(N)S1. The summed E-state index contributed by atoms with van der Waals surface area (Å²) in [6.07, 6.45) is -3.46. The number of halogens is 6. The van der Waals surface area contributed by atoms with Crippen LogP contribution in [0.5, 0.6) is 0 Å². The highest BCUT2D eigenvalue weighted by atomic mass is 35.5. The molecule has 0 saturated heterocycles. The second-order valence-electron chi connectivity index (χ2n) is 7.96. The fourth-order valence-electron chi connectivity index (χ4n) is 3.61. The number of amides is 1. The number of benzene rings is 1. The van der Waals surface area contributed by atoms with Crippen LogP contribution in [0, 0.1) is 5.82 Å². The van der Waals surface area contributed by atoms with Crippen LogP contribution in [0.15, 0.2) is 41.5 Å². The first kappa shape index (κ1) is 26.2. The Morgan fingerprint density at radius 2 is 2.06 bits per heavy atom. The first-order chi connectivity index (χ1) is 15.8. The Hall–Kier alpha value is -2.44. The van der Waals surface area contributed by atoms with Crippen LogP contribution in [0.1, 0.15) is 29.4 Å². The van der Waals surface area contributed by atoms with E-state index in [1.165, 1.54) is 37.4 Å². The summed E-state index contributed by atoms with van der Waals surface area (Å²) in [6.45, 7) is -1.56. The number of carbonyl (C=O) groups is 1. The Bertz CT molecular complexity index is 1090. The number of amidine groups is 1. The van der Waals surface area contributed by atoms with Crippen LogP contribution in [-0.4, -0.2) is 46.9 Å². The molecule has 2 aromatic rings. The minimum absolute atomic E-state index is 0.0428. The molecular formula is C21H20ClF5N4O2S. The van der Waals surface area contributed by atoms with Gasteiger partial charge in [-0.05, 0) is 43.7 Å². The zero-order valence-corrected chi connectivity index (χ0v) is 19.3. The lowest BCUT2D eigenvalue weighted by Gasteiger charge is -2.41. The molecule has 3 rings (SSSR count). The summed E-state index contributed by atoms with van der Waals surface area (Å²) in [5.74, 6) is -1.43. The van der Waals surface area contributed by atoms with Crippen LogP contribution in [-0.2, 0) is 10.3 Å². The molecule has 0 fully saturated rings. The van der Waals surface area contributed by atoms with Crippen LogP contribution in [0.3, 0.4) is 0 Å². The molecule has 1 aliphatic heterocycles. The van der Waals surface area contributed by atoms with Crippen LogP contribution in [0.25, 0.3) is 0 Å². The van der Waals surface area contributed by atoms with Crippen molar-refractivity contribution < 1.29 is 31.5 Å². The molecule has 0 radical (unpaired) electrons. The van der Waals surface area contributed by atoms with Gasteiger partial charge in [0.2, 0.25) is 0 Å². The van der Waals surface area contributed by atoms with Gasteiger partial charge in [-0.1, -0.05) is 23.4 Å². The lowest BCUT2D eigenvalue weighted by molar-refractivity contribution is -0.175. The molecule has 0 unspecified atom stereocenters. The number of rotatable bonds is 7. The second kappa shape index (κ2) is 10.0. The van der Waals surface area contributed by atoms with Gasteiger partial charge in [-0.15, -0.1) is 0 Å². The van der Waals surface area contributed by atoms with Crippen LogP contribution < -0.4 is 11.1 Å². The van der Waals surface area contributed by atoms with Crippen LogP contribution >= 0.6 is 23.4 Å². The zero-order chi connectivity index (χ0) is 25.1. The van der Waals surface area contributed by atoms with E-state index in [2.05, 4.69) is 15.3 Å². The van der Waals surface area contributed by atoms with Gasteiger partial charge in [-0.25, -0.2) is 18.8 Å².